The molecule has 0 saturated carbocycles. The highest BCUT2D eigenvalue weighted by atomic mass is 32.2. The molecule has 3 amide bonds. The van der Waals surface area contributed by atoms with Crippen molar-refractivity contribution in [3.8, 4) is 6.07 Å². The standard InChI is InChI=1S/C28H30N4O3S2/c1-17-22(16-29)27(37-24(17)26(35)31-19-10-7-6-8-11-19)32-25(34)18(2)36-21-13-9-12-20(14-21)30-23(33)15-28(3,4)5/h6-14,18H,15H2,1-5H3,(H,30,33)(H,31,35)(H,32,34). The van der Waals surface area contributed by atoms with E-state index in [-0.39, 0.29) is 28.7 Å². The molecule has 0 aliphatic carbocycles. The number of para-hydroxylation sites is 1. The summed E-state index contributed by atoms with van der Waals surface area (Å²) in [5.41, 5.74) is 1.99. The van der Waals surface area contributed by atoms with Crippen molar-refractivity contribution >= 4 is 57.2 Å². The Morgan fingerprint density at radius 3 is 2.32 bits per heavy atom. The van der Waals surface area contributed by atoms with Gasteiger partial charge in [-0.15, -0.1) is 23.1 Å². The summed E-state index contributed by atoms with van der Waals surface area (Å²) in [6, 6.07) is 18.5. The van der Waals surface area contributed by atoms with E-state index in [2.05, 4.69) is 22.0 Å². The number of amides is 3. The van der Waals surface area contributed by atoms with Gasteiger partial charge in [0.25, 0.3) is 5.91 Å². The fourth-order valence-electron chi connectivity index (χ4n) is 3.47. The number of nitriles is 1. The molecule has 3 aromatic rings. The molecule has 7 nitrogen and oxygen atoms in total. The van der Waals surface area contributed by atoms with Crippen LogP contribution in [0, 0.1) is 23.7 Å². The van der Waals surface area contributed by atoms with Crippen molar-refractivity contribution < 1.29 is 14.4 Å². The average Bonchev–Trinajstić information content (AvgIpc) is 3.13. The lowest BCUT2D eigenvalue weighted by Gasteiger charge is -2.17. The molecule has 2 aromatic carbocycles. The fourth-order valence-corrected chi connectivity index (χ4v) is 5.45. The summed E-state index contributed by atoms with van der Waals surface area (Å²) in [5.74, 6) is -0.692. The summed E-state index contributed by atoms with van der Waals surface area (Å²) in [5, 5.41) is 18.1. The van der Waals surface area contributed by atoms with Gasteiger partial charge in [-0.2, -0.15) is 5.26 Å². The smallest absolute Gasteiger partial charge is 0.266 e. The molecule has 1 heterocycles. The molecule has 0 spiro atoms. The summed E-state index contributed by atoms with van der Waals surface area (Å²) in [6.45, 7) is 9.47. The van der Waals surface area contributed by atoms with Gasteiger partial charge in [0, 0.05) is 22.7 Å². The summed E-state index contributed by atoms with van der Waals surface area (Å²) in [7, 11) is 0. The third-order valence-electron chi connectivity index (χ3n) is 5.22. The first-order valence-electron chi connectivity index (χ1n) is 11.7. The van der Waals surface area contributed by atoms with Gasteiger partial charge in [0.2, 0.25) is 11.8 Å². The van der Waals surface area contributed by atoms with Gasteiger partial charge in [-0.25, -0.2) is 0 Å². The van der Waals surface area contributed by atoms with E-state index >= 15 is 0 Å². The van der Waals surface area contributed by atoms with Crippen molar-refractivity contribution in [1.29, 1.82) is 5.26 Å². The Bertz CT molecular complexity index is 1340. The van der Waals surface area contributed by atoms with E-state index in [0.29, 0.717) is 33.2 Å². The number of carbonyl (C=O) groups is 3. The highest BCUT2D eigenvalue weighted by Crippen LogP contribution is 2.34. The van der Waals surface area contributed by atoms with Gasteiger partial charge in [-0.3, -0.25) is 14.4 Å². The predicted octanol–water partition coefficient (Wildman–Crippen LogP) is 6.67. The molecule has 0 fully saturated rings. The van der Waals surface area contributed by atoms with Crippen LogP contribution in [-0.4, -0.2) is 23.0 Å². The van der Waals surface area contributed by atoms with Crippen LogP contribution in [0.4, 0.5) is 16.4 Å². The Labute approximate surface area is 225 Å². The minimum absolute atomic E-state index is 0.0651. The van der Waals surface area contributed by atoms with Gasteiger partial charge in [0.1, 0.15) is 11.1 Å². The highest BCUT2D eigenvalue weighted by Gasteiger charge is 2.24. The lowest BCUT2D eigenvalue weighted by molar-refractivity contribution is -0.118. The first-order valence-corrected chi connectivity index (χ1v) is 13.4. The Morgan fingerprint density at radius 2 is 1.68 bits per heavy atom. The lowest BCUT2D eigenvalue weighted by atomic mass is 9.92. The number of hydrogen-bond acceptors (Lipinski definition) is 6. The number of thiophene rings is 1. The number of rotatable bonds is 8. The molecule has 0 aliphatic heterocycles. The molecule has 0 radical (unpaired) electrons. The van der Waals surface area contributed by atoms with E-state index in [4.69, 9.17) is 0 Å². The number of nitrogens with zero attached hydrogens (tertiary/aromatic N) is 1. The van der Waals surface area contributed by atoms with Crippen LogP contribution in [0.1, 0.15) is 54.9 Å². The van der Waals surface area contributed by atoms with Crippen molar-refractivity contribution in [3.05, 3.63) is 70.6 Å². The van der Waals surface area contributed by atoms with Crippen LogP contribution in [-0.2, 0) is 9.59 Å². The number of nitrogens with one attached hydrogen (secondary N) is 3. The third-order valence-corrected chi connectivity index (χ3v) is 7.52. The van der Waals surface area contributed by atoms with Crippen molar-refractivity contribution in [3.63, 3.8) is 0 Å². The van der Waals surface area contributed by atoms with Crippen LogP contribution >= 0.6 is 23.1 Å². The third kappa shape index (κ3) is 7.94. The van der Waals surface area contributed by atoms with E-state index in [0.717, 1.165) is 16.2 Å². The Balaban J connectivity index is 1.68. The van der Waals surface area contributed by atoms with Gasteiger partial charge < -0.3 is 16.0 Å². The van der Waals surface area contributed by atoms with Gasteiger partial charge in [0.05, 0.1) is 15.7 Å². The van der Waals surface area contributed by atoms with Crippen LogP contribution in [0.2, 0.25) is 0 Å². The molecule has 0 saturated heterocycles. The summed E-state index contributed by atoms with van der Waals surface area (Å²) < 4.78 is 0. The molecule has 3 rings (SSSR count). The van der Waals surface area contributed by atoms with Crippen LogP contribution < -0.4 is 16.0 Å². The lowest BCUT2D eigenvalue weighted by Crippen LogP contribution is -2.22. The Hall–Kier alpha value is -3.61. The van der Waals surface area contributed by atoms with Crippen molar-refractivity contribution in [1.82, 2.24) is 0 Å². The second-order valence-corrected chi connectivity index (χ2v) is 12.2. The van der Waals surface area contributed by atoms with Gasteiger partial charge in [-0.1, -0.05) is 45.0 Å². The van der Waals surface area contributed by atoms with Crippen molar-refractivity contribution in [2.45, 2.75) is 51.2 Å². The molecule has 0 bridgehead atoms. The topological polar surface area (TPSA) is 111 Å². The zero-order valence-electron chi connectivity index (χ0n) is 21.5. The Morgan fingerprint density at radius 1 is 1.00 bits per heavy atom. The van der Waals surface area contributed by atoms with Crippen molar-refractivity contribution in [2.75, 3.05) is 16.0 Å². The molecule has 0 aliphatic rings. The van der Waals surface area contributed by atoms with Crippen LogP contribution in [0.15, 0.2) is 59.5 Å². The van der Waals surface area contributed by atoms with Gasteiger partial charge in [-0.05, 0) is 55.2 Å². The first-order chi connectivity index (χ1) is 17.5. The van der Waals surface area contributed by atoms with E-state index in [1.165, 1.54) is 11.8 Å². The number of anilines is 3. The Kier molecular flexibility index (Phi) is 9.14. The number of benzene rings is 2. The normalized spacial score (nSPS) is 11.8. The van der Waals surface area contributed by atoms with E-state index in [9.17, 15) is 19.6 Å². The van der Waals surface area contributed by atoms with E-state index < -0.39 is 5.25 Å². The first kappa shape index (κ1) is 28.0. The monoisotopic (exact) mass is 534 g/mol. The van der Waals surface area contributed by atoms with Crippen LogP contribution in [0.5, 0.6) is 0 Å². The summed E-state index contributed by atoms with van der Waals surface area (Å²) >= 11 is 2.42. The van der Waals surface area contributed by atoms with Crippen molar-refractivity contribution in [2.24, 2.45) is 5.41 Å². The molecular weight excluding hydrogens is 504 g/mol. The molecule has 1 unspecified atom stereocenters. The number of hydrogen-bond donors (Lipinski definition) is 3. The summed E-state index contributed by atoms with van der Waals surface area (Å²) in [6.07, 6.45) is 0.399. The quantitative estimate of drug-likeness (QED) is 0.279. The zero-order chi connectivity index (χ0) is 27.2. The fraction of sp³-hybridized carbons (Fsp3) is 0.286. The van der Waals surface area contributed by atoms with Gasteiger partial charge in [0.15, 0.2) is 0 Å². The maximum Gasteiger partial charge on any atom is 0.266 e. The number of thioether (sulfide) groups is 1. The maximum atomic E-state index is 13.0. The van der Waals surface area contributed by atoms with Crippen LogP contribution in [0.25, 0.3) is 0 Å². The second-order valence-electron chi connectivity index (χ2n) is 9.76. The molecule has 1 aromatic heterocycles. The second kappa shape index (κ2) is 12.1. The molecule has 3 N–H and O–H groups in total. The highest BCUT2D eigenvalue weighted by molar-refractivity contribution is 8.00. The summed E-state index contributed by atoms with van der Waals surface area (Å²) in [4.78, 5) is 39.3. The largest absolute Gasteiger partial charge is 0.326 e. The molecule has 192 valence electrons. The SMILES string of the molecule is Cc1c(C(=O)Nc2ccccc2)sc(NC(=O)C(C)Sc2cccc(NC(=O)CC(C)(C)C)c2)c1C#N. The minimum Gasteiger partial charge on any atom is -0.326 e. The molecule has 9 heteroatoms. The number of carbonyl (C=O) groups excluding carboxylic acids is 3. The maximum absolute atomic E-state index is 13.0. The predicted molar refractivity (Wildman–Crippen MR) is 151 cm³/mol. The van der Waals surface area contributed by atoms with Crippen LogP contribution in [0.3, 0.4) is 0 Å². The van der Waals surface area contributed by atoms with E-state index in [1.54, 1.807) is 26.0 Å². The molecular formula is C28H30N4O3S2. The van der Waals surface area contributed by atoms with Gasteiger partial charge >= 0.3 is 0 Å². The minimum atomic E-state index is -0.490. The zero-order valence-corrected chi connectivity index (χ0v) is 23.1. The molecule has 1 atom stereocenters. The van der Waals surface area contributed by atoms with E-state index in [1.807, 2.05) is 63.2 Å². The average molecular weight is 535 g/mol. The molecule has 37 heavy (non-hydrogen) atoms.